The Labute approximate surface area is 359 Å². The van der Waals surface area contributed by atoms with Crippen molar-refractivity contribution in [2.24, 2.45) is 0 Å². The molecule has 0 aliphatic carbocycles. The third kappa shape index (κ3) is 6.08. The average molecular weight is 791 g/mol. The first-order valence-electron chi connectivity index (χ1n) is 21.1. The van der Waals surface area contributed by atoms with Crippen LogP contribution in [0.2, 0.25) is 0 Å². The van der Waals surface area contributed by atoms with Crippen LogP contribution in [0.3, 0.4) is 0 Å². The van der Waals surface area contributed by atoms with Crippen molar-refractivity contribution in [2.75, 3.05) is 0 Å². The summed E-state index contributed by atoms with van der Waals surface area (Å²) in [6.45, 7) is 0. The molecule has 0 spiro atoms. The molecular formula is C58H38N4. The van der Waals surface area contributed by atoms with Gasteiger partial charge < -0.3 is 4.57 Å². The van der Waals surface area contributed by atoms with E-state index in [0.29, 0.717) is 5.95 Å². The molecule has 0 bridgehead atoms. The molecule has 4 nitrogen and oxygen atoms in total. The summed E-state index contributed by atoms with van der Waals surface area (Å²) >= 11 is 0. The maximum absolute atomic E-state index is 5.39. The Balaban J connectivity index is 1.00. The first-order valence-corrected chi connectivity index (χ1v) is 21.1. The van der Waals surface area contributed by atoms with Gasteiger partial charge in [0.2, 0.25) is 5.95 Å². The Morgan fingerprint density at radius 3 is 1.26 bits per heavy atom. The summed E-state index contributed by atoms with van der Waals surface area (Å²) in [7, 11) is 0. The number of benzene rings is 9. The SMILES string of the molecule is c1ccc(-c2cccc(-c3cccc(-c4cc(-c5ccccc5)nc(-n5c6ccccc6c6cc(-c7ccc8c(c7)c7ccccc7n8-c7ccccc7)ccc65)n4)c3)c2)cc1. The van der Waals surface area contributed by atoms with E-state index >= 15 is 0 Å². The zero-order valence-corrected chi connectivity index (χ0v) is 33.7. The molecule has 0 unspecified atom stereocenters. The van der Waals surface area contributed by atoms with Crippen LogP contribution in [0.25, 0.3) is 111 Å². The number of nitrogens with zero attached hydrogens (tertiary/aromatic N) is 4. The van der Waals surface area contributed by atoms with Crippen molar-refractivity contribution in [3.05, 3.63) is 231 Å². The van der Waals surface area contributed by atoms with E-state index in [1.807, 2.05) is 6.07 Å². The molecule has 0 amide bonds. The van der Waals surface area contributed by atoms with Gasteiger partial charge in [0.05, 0.1) is 33.5 Å². The fraction of sp³-hybridized carbons (Fsp3) is 0. The molecule has 0 saturated carbocycles. The molecule has 4 heteroatoms. The molecule has 9 aromatic carbocycles. The lowest BCUT2D eigenvalue weighted by atomic mass is 9.97. The molecule has 62 heavy (non-hydrogen) atoms. The first-order chi connectivity index (χ1) is 30.7. The molecule has 3 heterocycles. The van der Waals surface area contributed by atoms with Gasteiger partial charge in [0.25, 0.3) is 0 Å². The van der Waals surface area contributed by atoms with E-state index in [1.165, 1.54) is 38.5 Å². The van der Waals surface area contributed by atoms with Crippen LogP contribution in [-0.2, 0) is 0 Å². The van der Waals surface area contributed by atoms with E-state index in [2.05, 4.69) is 234 Å². The van der Waals surface area contributed by atoms with Crippen LogP contribution in [0.1, 0.15) is 0 Å². The third-order valence-electron chi connectivity index (χ3n) is 12.1. The molecule has 0 saturated heterocycles. The lowest BCUT2D eigenvalue weighted by Gasteiger charge is -2.13. The number of fused-ring (bicyclic) bond motifs is 6. The Hall–Kier alpha value is -8.34. The minimum atomic E-state index is 0.631. The van der Waals surface area contributed by atoms with Gasteiger partial charge in [-0.05, 0) is 100 Å². The van der Waals surface area contributed by atoms with Gasteiger partial charge in [0.15, 0.2) is 0 Å². The molecule has 3 aromatic heterocycles. The second-order valence-electron chi connectivity index (χ2n) is 15.8. The number of para-hydroxylation sites is 3. The normalized spacial score (nSPS) is 11.5. The molecule has 0 aliphatic rings. The van der Waals surface area contributed by atoms with Gasteiger partial charge in [0.1, 0.15) is 0 Å². The summed E-state index contributed by atoms with van der Waals surface area (Å²) in [5, 5.41) is 4.78. The predicted octanol–water partition coefficient (Wildman–Crippen LogP) is 15.0. The second-order valence-corrected chi connectivity index (χ2v) is 15.8. The van der Waals surface area contributed by atoms with Crippen LogP contribution in [0.5, 0.6) is 0 Å². The molecule has 0 N–H and O–H groups in total. The van der Waals surface area contributed by atoms with E-state index in [1.54, 1.807) is 0 Å². The lowest BCUT2D eigenvalue weighted by Crippen LogP contribution is -2.04. The predicted molar refractivity (Wildman–Crippen MR) is 258 cm³/mol. The number of hydrogen-bond acceptors (Lipinski definition) is 2. The summed E-state index contributed by atoms with van der Waals surface area (Å²) in [5.41, 5.74) is 16.5. The summed E-state index contributed by atoms with van der Waals surface area (Å²) < 4.78 is 4.59. The standard InChI is InChI=1S/C58H38N4/c1-4-16-39(17-5-1)41-20-14-21-42(34-41)43-22-15-23-46(35-43)53-38-52(40-18-6-2-7-19-40)59-58(60-53)62-55-29-13-11-27-49(55)51-37-45(31-33-57(51)62)44-30-32-56-50(36-44)48-26-10-12-28-54(48)61(56)47-24-8-3-9-25-47/h1-38H. The van der Waals surface area contributed by atoms with E-state index in [4.69, 9.17) is 9.97 Å². The van der Waals surface area contributed by atoms with Gasteiger partial charge in [0, 0.05) is 38.4 Å². The van der Waals surface area contributed by atoms with Crippen molar-refractivity contribution in [3.8, 4) is 67.5 Å². The van der Waals surface area contributed by atoms with Crippen LogP contribution in [-0.4, -0.2) is 19.1 Å². The van der Waals surface area contributed by atoms with Crippen LogP contribution < -0.4 is 0 Å². The Kier molecular flexibility index (Phi) is 8.46. The summed E-state index contributed by atoms with van der Waals surface area (Å²) in [6, 6.07) is 82.2. The zero-order valence-electron chi connectivity index (χ0n) is 33.7. The van der Waals surface area contributed by atoms with Gasteiger partial charge in [-0.25, -0.2) is 9.97 Å². The summed E-state index contributed by atoms with van der Waals surface area (Å²) in [5.74, 6) is 0.631. The van der Waals surface area contributed by atoms with E-state index < -0.39 is 0 Å². The molecule has 0 fully saturated rings. The highest BCUT2D eigenvalue weighted by atomic mass is 15.2. The maximum atomic E-state index is 5.39. The summed E-state index contributed by atoms with van der Waals surface area (Å²) in [4.78, 5) is 10.7. The lowest BCUT2D eigenvalue weighted by molar-refractivity contribution is 0.995. The molecule has 12 aromatic rings. The highest BCUT2D eigenvalue weighted by molar-refractivity contribution is 6.12. The number of aromatic nitrogens is 4. The Bertz CT molecular complexity index is 3620. The zero-order chi connectivity index (χ0) is 41.0. The number of hydrogen-bond donors (Lipinski definition) is 0. The molecule has 0 atom stereocenters. The molecule has 12 rings (SSSR count). The van der Waals surface area contributed by atoms with Crippen LogP contribution in [0.4, 0.5) is 0 Å². The van der Waals surface area contributed by atoms with Crippen molar-refractivity contribution in [2.45, 2.75) is 0 Å². The molecule has 0 radical (unpaired) electrons. The van der Waals surface area contributed by atoms with Crippen molar-refractivity contribution >= 4 is 43.6 Å². The third-order valence-corrected chi connectivity index (χ3v) is 12.1. The van der Waals surface area contributed by atoms with Crippen molar-refractivity contribution in [3.63, 3.8) is 0 Å². The van der Waals surface area contributed by atoms with Gasteiger partial charge in [-0.2, -0.15) is 0 Å². The van der Waals surface area contributed by atoms with Gasteiger partial charge in [-0.1, -0.05) is 164 Å². The molecule has 290 valence electrons. The van der Waals surface area contributed by atoms with Crippen LogP contribution in [0, 0.1) is 0 Å². The minimum absolute atomic E-state index is 0.631. The van der Waals surface area contributed by atoms with E-state index in [9.17, 15) is 0 Å². The Morgan fingerprint density at radius 1 is 0.242 bits per heavy atom. The van der Waals surface area contributed by atoms with Gasteiger partial charge >= 0.3 is 0 Å². The maximum Gasteiger partial charge on any atom is 0.235 e. The number of rotatable bonds is 7. The fourth-order valence-electron chi connectivity index (χ4n) is 9.18. The van der Waals surface area contributed by atoms with Crippen molar-refractivity contribution in [1.82, 2.24) is 19.1 Å². The summed E-state index contributed by atoms with van der Waals surface area (Å²) in [6.07, 6.45) is 0. The van der Waals surface area contributed by atoms with Gasteiger partial charge in [-0.3, -0.25) is 4.57 Å². The van der Waals surface area contributed by atoms with Crippen molar-refractivity contribution in [1.29, 1.82) is 0 Å². The van der Waals surface area contributed by atoms with Crippen LogP contribution in [0.15, 0.2) is 231 Å². The van der Waals surface area contributed by atoms with Crippen LogP contribution >= 0.6 is 0 Å². The first kappa shape index (κ1) is 35.6. The van der Waals surface area contributed by atoms with Gasteiger partial charge in [-0.15, -0.1) is 0 Å². The highest BCUT2D eigenvalue weighted by Gasteiger charge is 2.19. The quantitative estimate of drug-likeness (QED) is 0.161. The van der Waals surface area contributed by atoms with E-state index in [0.717, 1.165) is 66.7 Å². The fourth-order valence-corrected chi connectivity index (χ4v) is 9.18. The monoisotopic (exact) mass is 790 g/mol. The van der Waals surface area contributed by atoms with E-state index in [-0.39, 0.29) is 0 Å². The smallest absolute Gasteiger partial charge is 0.235 e. The second kappa shape index (κ2) is 14.7. The highest BCUT2D eigenvalue weighted by Crippen LogP contribution is 2.39. The van der Waals surface area contributed by atoms with Crippen molar-refractivity contribution < 1.29 is 0 Å². The minimum Gasteiger partial charge on any atom is -0.309 e. The molecular weight excluding hydrogens is 753 g/mol. The Morgan fingerprint density at radius 2 is 0.645 bits per heavy atom. The topological polar surface area (TPSA) is 35.6 Å². The average Bonchev–Trinajstić information content (AvgIpc) is 3.87. The molecule has 0 aliphatic heterocycles. The largest absolute Gasteiger partial charge is 0.309 e.